The molecular weight excluding hydrogens is 308 g/mol. The molecule has 0 unspecified atom stereocenters. The molecule has 1 aromatic rings. The molecule has 0 atom stereocenters. The molecule has 19 heavy (non-hydrogen) atoms. The smallest absolute Gasteiger partial charge is 0.306 e. The number of ether oxygens (including phenoxy) is 1. The van der Waals surface area contributed by atoms with Gasteiger partial charge in [0.25, 0.3) is 0 Å². The van der Waals surface area contributed by atoms with Crippen LogP contribution in [0.3, 0.4) is 0 Å². The van der Waals surface area contributed by atoms with Crippen molar-refractivity contribution >= 4 is 27.7 Å². The summed E-state index contributed by atoms with van der Waals surface area (Å²) in [6, 6.07) is 3.86. The number of pyridine rings is 1. The summed E-state index contributed by atoms with van der Waals surface area (Å²) in [6.45, 7) is 8.45. The average Bonchev–Trinajstić information content (AvgIpc) is 2.26. The summed E-state index contributed by atoms with van der Waals surface area (Å²) < 4.78 is 5.72. The standard InChI is InChI=1S/C14H21BrN2O2/c1-5-19-12(18)9-7-10-6-8-11(15)16-13(10)17-14(2,3)4/h6,8H,5,7,9H2,1-4H3,(H,16,17). The average molecular weight is 329 g/mol. The third-order valence-corrected chi connectivity index (χ3v) is 2.78. The van der Waals surface area contributed by atoms with Crippen molar-refractivity contribution in [3.05, 3.63) is 22.3 Å². The summed E-state index contributed by atoms with van der Waals surface area (Å²) in [5.74, 6) is 0.637. The Bertz CT molecular complexity index is 442. The van der Waals surface area contributed by atoms with Gasteiger partial charge in [-0.25, -0.2) is 4.98 Å². The monoisotopic (exact) mass is 328 g/mol. The number of nitrogens with one attached hydrogen (secondary N) is 1. The van der Waals surface area contributed by atoms with Crippen LogP contribution in [0.2, 0.25) is 0 Å². The molecule has 0 saturated carbocycles. The first kappa shape index (κ1) is 16.0. The molecule has 1 aromatic heterocycles. The van der Waals surface area contributed by atoms with E-state index < -0.39 is 0 Å². The minimum atomic E-state index is -0.174. The van der Waals surface area contributed by atoms with Crippen molar-refractivity contribution in [3.63, 3.8) is 0 Å². The summed E-state index contributed by atoms with van der Waals surface area (Å²) in [5, 5.41) is 3.35. The van der Waals surface area contributed by atoms with Crippen LogP contribution < -0.4 is 5.32 Å². The number of esters is 1. The molecule has 0 saturated heterocycles. The Morgan fingerprint density at radius 2 is 2.11 bits per heavy atom. The van der Waals surface area contributed by atoms with Crippen molar-refractivity contribution in [1.82, 2.24) is 4.98 Å². The molecule has 4 nitrogen and oxygen atoms in total. The minimum absolute atomic E-state index is 0.0769. The van der Waals surface area contributed by atoms with E-state index in [2.05, 4.69) is 47.0 Å². The molecule has 0 aromatic carbocycles. The fraction of sp³-hybridized carbons (Fsp3) is 0.571. The van der Waals surface area contributed by atoms with Crippen LogP contribution in [0.25, 0.3) is 0 Å². The maximum Gasteiger partial charge on any atom is 0.306 e. The first-order valence-corrected chi connectivity index (χ1v) is 7.20. The second kappa shape index (κ2) is 6.89. The molecule has 0 radical (unpaired) electrons. The number of halogens is 1. The van der Waals surface area contributed by atoms with E-state index >= 15 is 0 Å². The summed E-state index contributed by atoms with van der Waals surface area (Å²) in [7, 11) is 0. The van der Waals surface area contributed by atoms with E-state index in [4.69, 9.17) is 4.74 Å². The first-order valence-electron chi connectivity index (χ1n) is 6.41. The van der Waals surface area contributed by atoms with Gasteiger partial charge in [0.2, 0.25) is 0 Å². The number of rotatable bonds is 5. The lowest BCUT2D eigenvalue weighted by molar-refractivity contribution is -0.143. The summed E-state index contributed by atoms with van der Waals surface area (Å²) >= 11 is 3.37. The van der Waals surface area contributed by atoms with Gasteiger partial charge in [-0.2, -0.15) is 0 Å². The summed E-state index contributed by atoms with van der Waals surface area (Å²) in [4.78, 5) is 15.8. The quantitative estimate of drug-likeness (QED) is 0.663. The lowest BCUT2D eigenvalue weighted by Crippen LogP contribution is -2.27. The third-order valence-electron chi connectivity index (χ3n) is 2.34. The Morgan fingerprint density at radius 1 is 1.42 bits per heavy atom. The van der Waals surface area contributed by atoms with Gasteiger partial charge in [0, 0.05) is 12.0 Å². The van der Waals surface area contributed by atoms with Gasteiger partial charge in [-0.1, -0.05) is 6.07 Å². The van der Waals surface area contributed by atoms with Crippen molar-refractivity contribution in [1.29, 1.82) is 0 Å². The van der Waals surface area contributed by atoms with Crippen LogP contribution in [-0.2, 0) is 16.0 Å². The Hall–Kier alpha value is -1.10. The SMILES string of the molecule is CCOC(=O)CCc1ccc(Br)nc1NC(C)(C)C. The molecule has 0 aliphatic carbocycles. The van der Waals surface area contributed by atoms with Crippen LogP contribution >= 0.6 is 15.9 Å². The molecule has 0 spiro atoms. The zero-order valence-electron chi connectivity index (χ0n) is 11.9. The number of hydrogen-bond donors (Lipinski definition) is 1. The maximum absolute atomic E-state index is 11.4. The molecule has 1 N–H and O–H groups in total. The van der Waals surface area contributed by atoms with Crippen molar-refractivity contribution in [2.24, 2.45) is 0 Å². The Balaban J connectivity index is 2.79. The van der Waals surface area contributed by atoms with Gasteiger partial charge in [-0.15, -0.1) is 0 Å². The Kier molecular flexibility index (Phi) is 5.79. The zero-order valence-corrected chi connectivity index (χ0v) is 13.5. The molecule has 1 rings (SSSR count). The van der Waals surface area contributed by atoms with E-state index in [0.717, 1.165) is 16.0 Å². The van der Waals surface area contributed by atoms with Crippen molar-refractivity contribution in [2.75, 3.05) is 11.9 Å². The topological polar surface area (TPSA) is 51.2 Å². The first-order chi connectivity index (χ1) is 8.81. The van der Waals surface area contributed by atoms with E-state index in [1.54, 1.807) is 0 Å². The second-order valence-corrected chi connectivity index (χ2v) is 6.13. The van der Waals surface area contributed by atoms with E-state index in [1.807, 2.05) is 19.1 Å². The number of carbonyl (C=O) groups is 1. The van der Waals surface area contributed by atoms with Crippen LogP contribution in [0.15, 0.2) is 16.7 Å². The third kappa shape index (κ3) is 6.05. The highest BCUT2D eigenvalue weighted by atomic mass is 79.9. The highest BCUT2D eigenvalue weighted by Crippen LogP contribution is 2.22. The predicted octanol–water partition coefficient (Wildman–Crippen LogP) is 3.55. The van der Waals surface area contributed by atoms with E-state index in [0.29, 0.717) is 19.4 Å². The normalized spacial score (nSPS) is 11.2. The molecule has 106 valence electrons. The van der Waals surface area contributed by atoms with Gasteiger partial charge < -0.3 is 10.1 Å². The number of hydrogen-bond acceptors (Lipinski definition) is 4. The van der Waals surface area contributed by atoms with Gasteiger partial charge in [0.05, 0.1) is 6.61 Å². The fourth-order valence-corrected chi connectivity index (χ4v) is 1.91. The number of anilines is 1. The van der Waals surface area contributed by atoms with Crippen LogP contribution in [0.1, 0.15) is 39.7 Å². The van der Waals surface area contributed by atoms with Crippen LogP contribution in [0.5, 0.6) is 0 Å². The number of aromatic nitrogens is 1. The molecule has 0 aliphatic rings. The summed E-state index contributed by atoms with van der Waals surface area (Å²) in [5.41, 5.74) is 0.943. The zero-order chi connectivity index (χ0) is 14.5. The molecule has 5 heteroatoms. The minimum Gasteiger partial charge on any atom is -0.466 e. The number of aryl methyl sites for hydroxylation is 1. The largest absolute Gasteiger partial charge is 0.466 e. The molecule has 0 aliphatic heterocycles. The maximum atomic E-state index is 11.4. The van der Waals surface area contributed by atoms with Gasteiger partial charge in [-0.3, -0.25) is 4.79 Å². The lowest BCUT2D eigenvalue weighted by Gasteiger charge is -2.23. The van der Waals surface area contributed by atoms with E-state index in [-0.39, 0.29) is 11.5 Å². The van der Waals surface area contributed by atoms with Crippen LogP contribution in [0, 0.1) is 0 Å². The Morgan fingerprint density at radius 3 is 2.68 bits per heavy atom. The number of carbonyl (C=O) groups excluding carboxylic acids is 1. The van der Waals surface area contributed by atoms with Crippen LogP contribution in [-0.4, -0.2) is 23.1 Å². The van der Waals surface area contributed by atoms with Crippen molar-refractivity contribution in [3.8, 4) is 0 Å². The highest BCUT2D eigenvalue weighted by Gasteiger charge is 2.14. The predicted molar refractivity (Wildman–Crippen MR) is 80.3 cm³/mol. The van der Waals surface area contributed by atoms with Crippen LogP contribution in [0.4, 0.5) is 5.82 Å². The lowest BCUT2D eigenvalue weighted by atomic mass is 10.1. The molecule has 1 heterocycles. The van der Waals surface area contributed by atoms with Gasteiger partial charge >= 0.3 is 5.97 Å². The molecule has 0 amide bonds. The number of nitrogens with zero attached hydrogens (tertiary/aromatic N) is 1. The van der Waals surface area contributed by atoms with E-state index in [1.165, 1.54) is 0 Å². The van der Waals surface area contributed by atoms with E-state index in [9.17, 15) is 4.79 Å². The molecule has 0 bridgehead atoms. The fourth-order valence-electron chi connectivity index (χ4n) is 1.60. The Labute approximate surface area is 123 Å². The second-order valence-electron chi connectivity index (χ2n) is 5.32. The molecule has 0 fully saturated rings. The van der Waals surface area contributed by atoms with Gasteiger partial charge in [-0.05, 0) is 61.7 Å². The molecular formula is C14H21BrN2O2. The summed E-state index contributed by atoms with van der Waals surface area (Å²) in [6.07, 6.45) is 0.994. The van der Waals surface area contributed by atoms with Gasteiger partial charge in [0.15, 0.2) is 0 Å². The van der Waals surface area contributed by atoms with Crippen molar-refractivity contribution in [2.45, 2.75) is 46.1 Å². The van der Waals surface area contributed by atoms with Gasteiger partial charge in [0.1, 0.15) is 10.4 Å². The highest BCUT2D eigenvalue weighted by molar-refractivity contribution is 9.10. The van der Waals surface area contributed by atoms with Crippen molar-refractivity contribution < 1.29 is 9.53 Å².